The average molecular weight is 424 g/mol. The van der Waals surface area contributed by atoms with Gasteiger partial charge in [-0.3, -0.25) is 0 Å². The molecule has 0 saturated carbocycles. The van der Waals surface area contributed by atoms with Gasteiger partial charge in [0, 0.05) is 29.8 Å². The van der Waals surface area contributed by atoms with E-state index in [2.05, 4.69) is 20.6 Å². The first kappa shape index (κ1) is 19.4. The van der Waals surface area contributed by atoms with E-state index in [-0.39, 0.29) is 5.02 Å². The molecule has 0 saturated heterocycles. The molecule has 0 aliphatic rings. The lowest BCUT2D eigenvalue weighted by molar-refractivity contribution is 0.262. The number of urea groups is 1. The smallest absolute Gasteiger partial charge is 0.323 e. The average Bonchev–Trinajstić information content (AvgIpc) is 3.27. The largest absolute Gasteiger partial charge is 0.439 e. The Morgan fingerprint density at radius 1 is 0.967 bits per heavy atom. The van der Waals surface area contributed by atoms with Crippen molar-refractivity contribution in [3.05, 3.63) is 90.2 Å². The summed E-state index contributed by atoms with van der Waals surface area (Å²) in [5, 5.41) is 5.18. The number of carbonyl (C=O) groups excluding carboxylic acids is 1. The Morgan fingerprint density at radius 2 is 1.67 bits per heavy atom. The molecule has 9 heteroatoms. The predicted molar refractivity (Wildman–Crippen MR) is 112 cm³/mol. The van der Waals surface area contributed by atoms with Gasteiger partial charge in [-0.2, -0.15) is 0 Å². The second kappa shape index (κ2) is 8.62. The maximum absolute atomic E-state index is 13.2. The molecule has 30 heavy (non-hydrogen) atoms. The van der Waals surface area contributed by atoms with Gasteiger partial charge in [0.1, 0.15) is 23.7 Å². The Balaban J connectivity index is 1.37. The lowest BCUT2D eigenvalue weighted by atomic mass is 10.3. The van der Waals surface area contributed by atoms with Gasteiger partial charge in [-0.1, -0.05) is 11.6 Å². The Kier molecular flexibility index (Phi) is 5.58. The molecule has 7 nitrogen and oxygen atoms in total. The van der Waals surface area contributed by atoms with Crippen LogP contribution >= 0.6 is 11.6 Å². The van der Waals surface area contributed by atoms with Gasteiger partial charge in [0.2, 0.25) is 5.88 Å². The summed E-state index contributed by atoms with van der Waals surface area (Å²) in [4.78, 5) is 20.4. The van der Waals surface area contributed by atoms with Crippen LogP contribution in [0.3, 0.4) is 0 Å². The molecular formula is C21H15ClFN5O2. The Labute approximate surface area is 176 Å². The van der Waals surface area contributed by atoms with Gasteiger partial charge < -0.3 is 19.9 Å². The number of anilines is 2. The summed E-state index contributed by atoms with van der Waals surface area (Å²) in [5.41, 5.74) is 0.921. The standard InChI is InChI=1S/C21H15ClFN5O2/c22-17-11-15(5-8-18(17)23)27-21(29)26-14-3-6-16(7-4-14)30-20-12-19(24-13-25-20)28-9-1-2-10-28/h1-13H,(H2,26,27,29). The summed E-state index contributed by atoms with van der Waals surface area (Å²) < 4.78 is 20.8. The maximum Gasteiger partial charge on any atom is 0.323 e. The van der Waals surface area contributed by atoms with Crippen molar-refractivity contribution < 1.29 is 13.9 Å². The van der Waals surface area contributed by atoms with Gasteiger partial charge in [-0.15, -0.1) is 0 Å². The van der Waals surface area contributed by atoms with Crippen molar-refractivity contribution in [3.63, 3.8) is 0 Å². The van der Waals surface area contributed by atoms with Crippen molar-refractivity contribution in [2.45, 2.75) is 0 Å². The fourth-order valence-corrected chi connectivity index (χ4v) is 2.79. The number of nitrogens with one attached hydrogen (secondary N) is 2. The van der Waals surface area contributed by atoms with Crippen molar-refractivity contribution in [3.8, 4) is 17.4 Å². The highest BCUT2D eigenvalue weighted by molar-refractivity contribution is 6.31. The highest BCUT2D eigenvalue weighted by Gasteiger charge is 2.07. The van der Waals surface area contributed by atoms with Gasteiger partial charge in [-0.25, -0.2) is 19.2 Å². The summed E-state index contributed by atoms with van der Waals surface area (Å²) in [7, 11) is 0. The molecule has 0 atom stereocenters. The highest BCUT2D eigenvalue weighted by Crippen LogP contribution is 2.23. The van der Waals surface area contributed by atoms with Crippen LogP contribution in [0, 0.1) is 5.82 Å². The highest BCUT2D eigenvalue weighted by atomic mass is 35.5. The molecule has 0 bridgehead atoms. The fraction of sp³-hybridized carbons (Fsp3) is 0. The van der Waals surface area contributed by atoms with E-state index in [1.165, 1.54) is 24.5 Å². The molecule has 2 N–H and O–H groups in total. The number of ether oxygens (including phenoxy) is 1. The Bertz CT molecular complexity index is 1170. The number of carbonyl (C=O) groups is 1. The van der Waals surface area contributed by atoms with Crippen LogP contribution in [0.4, 0.5) is 20.6 Å². The lowest BCUT2D eigenvalue weighted by Crippen LogP contribution is -2.19. The van der Waals surface area contributed by atoms with Crippen LogP contribution in [-0.2, 0) is 0 Å². The monoisotopic (exact) mass is 423 g/mol. The van der Waals surface area contributed by atoms with Crippen molar-refractivity contribution >= 4 is 29.0 Å². The lowest BCUT2D eigenvalue weighted by Gasteiger charge is -2.10. The SMILES string of the molecule is O=C(Nc1ccc(Oc2cc(-n3cccc3)ncn2)cc1)Nc1ccc(F)c(Cl)c1. The maximum atomic E-state index is 13.2. The van der Waals surface area contributed by atoms with Crippen LogP contribution in [0.2, 0.25) is 5.02 Å². The minimum atomic E-state index is -0.553. The van der Waals surface area contributed by atoms with Gasteiger partial charge >= 0.3 is 6.03 Å². The molecule has 4 aromatic rings. The van der Waals surface area contributed by atoms with Crippen molar-refractivity contribution in [2.24, 2.45) is 0 Å². The first-order valence-corrected chi connectivity index (χ1v) is 9.21. The molecule has 0 aliphatic heterocycles. The van der Waals surface area contributed by atoms with Crippen LogP contribution in [0.5, 0.6) is 11.6 Å². The van der Waals surface area contributed by atoms with Gasteiger partial charge in [0.25, 0.3) is 0 Å². The third-order valence-electron chi connectivity index (χ3n) is 4.01. The van der Waals surface area contributed by atoms with Gasteiger partial charge in [0.15, 0.2) is 0 Å². The summed E-state index contributed by atoms with van der Waals surface area (Å²) in [5.74, 6) is 1.06. The molecule has 4 rings (SSSR count). The molecule has 0 aliphatic carbocycles. The number of aromatic nitrogens is 3. The van der Waals surface area contributed by atoms with E-state index in [0.29, 0.717) is 28.8 Å². The number of hydrogen-bond acceptors (Lipinski definition) is 4. The molecule has 0 radical (unpaired) electrons. The van der Waals surface area contributed by atoms with Crippen LogP contribution < -0.4 is 15.4 Å². The van der Waals surface area contributed by atoms with Crippen LogP contribution in [-0.4, -0.2) is 20.6 Å². The number of amides is 2. The first-order chi connectivity index (χ1) is 14.6. The summed E-state index contributed by atoms with van der Waals surface area (Å²) in [6.07, 6.45) is 5.17. The normalized spacial score (nSPS) is 10.5. The molecule has 0 fully saturated rings. The summed E-state index contributed by atoms with van der Waals surface area (Å²) in [6.45, 7) is 0. The molecule has 0 spiro atoms. The number of nitrogens with zero attached hydrogens (tertiary/aromatic N) is 3. The molecular weight excluding hydrogens is 409 g/mol. The van der Waals surface area contributed by atoms with Gasteiger partial charge in [-0.05, 0) is 54.6 Å². The Hall–Kier alpha value is -3.91. The molecule has 2 aromatic heterocycles. The van der Waals surface area contributed by atoms with Crippen LogP contribution in [0.15, 0.2) is 79.4 Å². The molecule has 0 unspecified atom stereocenters. The van der Waals surface area contributed by atoms with E-state index < -0.39 is 11.8 Å². The first-order valence-electron chi connectivity index (χ1n) is 8.83. The zero-order valence-corrected chi connectivity index (χ0v) is 16.2. The fourth-order valence-electron chi connectivity index (χ4n) is 2.61. The quantitative estimate of drug-likeness (QED) is 0.444. The zero-order chi connectivity index (χ0) is 20.9. The number of benzene rings is 2. The van der Waals surface area contributed by atoms with Crippen LogP contribution in [0.25, 0.3) is 5.82 Å². The molecule has 2 aromatic carbocycles. The third kappa shape index (κ3) is 4.73. The van der Waals surface area contributed by atoms with Gasteiger partial charge in [0.05, 0.1) is 5.02 Å². The second-order valence-corrected chi connectivity index (χ2v) is 6.55. The van der Waals surface area contributed by atoms with E-state index in [4.69, 9.17) is 16.3 Å². The van der Waals surface area contributed by atoms with E-state index in [0.717, 1.165) is 0 Å². The van der Waals surface area contributed by atoms with E-state index in [9.17, 15) is 9.18 Å². The van der Waals surface area contributed by atoms with E-state index in [1.54, 1.807) is 30.3 Å². The topological polar surface area (TPSA) is 81.1 Å². The summed E-state index contributed by atoms with van der Waals surface area (Å²) in [6, 6.07) is 15.7. The predicted octanol–water partition coefficient (Wildman–Crippen LogP) is 5.50. The molecule has 2 amide bonds. The van der Waals surface area contributed by atoms with E-state index in [1.807, 2.05) is 29.1 Å². The number of rotatable bonds is 5. The van der Waals surface area contributed by atoms with Crippen molar-refractivity contribution in [1.82, 2.24) is 14.5 Å². The van der Waals surface area contributed by atoms with Crippen molar-refractivity contribution in [1.29, 1.82) is 0 Å². The van der Waals surface area contributed by atoms with Crippen LogP contribution in [0.1, 0.15) is 0 Å². The third-order valence-corrected chi connectivity index (χ3v) is 4.30. The summed E-state index contributed by atoms with van der Waals surface area (Å²) >= 11 is 5.71. The minimum absolute atomic E-state index is 0.0704. The number of hydrogen-bond donors (Lipinski definition) is 2. The second-order valence-electron chi connectivity index (χ2n) is 6.14. The van der Waals surface area contributed by atoms with Crippen molar-refractivity contribution in [2.75, 3.05) is 10.6 Å². The minimum Gasteiger partial charge on any atom is -0.439 e. The molecule has 150 valence electrons. The zero-order valence-electron chi connectivity index (χ0n) is 15.4. The Morgan fingerprint density at radius 3 is 2.40 bits per heavy atom. The van der Waals surface area contributed by atoms with E-state index >= 15 is 0 Å². The number of halogens is 2. The molecule has 2 heterocycles.